The molecule has 0 saturated heterocycles. The van der Waals surface area contributed by atoms with Gasteiger partial charge in [0.2, 0.25) is 0 Å². The van der Waals surface area contributed by atoms with Gasteiger partial charge >= 0.3 is 131 Å². The van der Waals surface area contributed by atoms with Crippen LogP contribution < -0.4 is 0 Å². The lowest BCUT2D eigenvalue weighted by Gasteiger charge is -2.45. The summed E-state index contributed by atoms with van der Waals surface area (Å²) < 4.78 is 620. The van der Waals surface area contributed by atoms with Crippen molar-refractivity contribution in [2.75, 3.05) is 13.2 Å². The van der Waals surface area contributed by atoms with Crippen molar-refractivity contribution >= 4 is 0 Å². The van der Waals surface area contributed by atoms with Crippen LogP contribution in [0, 0.1) is 0 Å². The number of alkyl halides is 46. The Balaban J connectivity index is 7.29. The largest absolute Gasteiger partial charge is 0.460 e. The molecule has 0 saturated carbocycles. The highest BCUT2D eigenvalue weighted by molar-refractivity contribution is 5.21. The molecule has 0 spiro atoms. The average Bonchev–Trinajstić information content (AvgIpc) is 3.12. The molecule has 0 atom stereocenters. The fourth-order valence-corrected chi connectivity index (χ4v) is 4.06. The van der Waals surface area contributed by atoms with Crippen molar-refractivity contribution in [2.45, 2.75) is 131 Å². The molecule has 0 aromatic carbocycles. The van der Waals surface area contributed by atoms with Crippen molar-refractivity contribution < 1.29 is 207 Å². The van der Waals surface area contributed by atoms with Crippen LogP contribution in [0.3, 0.4) is 0 Å². The first kappa shape index (κ1) is 67.7. The van der Waals surface area contributed by atoms with Crippen LogP contribution in [0.1, 0.15) is 0 Å². The molecule has 0 radical (unpaired) electrons. The van der Waals surface area contributed by atoms with Gasteiger partial charge in [0, 0.05) is 0 Å². The molecule has 0 aliphatic heterocycles. The minimum absolute atomic E-state index is 2.03. The van der Waals surface area contributed by atoms with Crippen LogP contribution >= 0.6 is 0 Å². The van der Waals surface area contributed by atoms with Gasteiger partial charge in [-0.05, 0) is 0 Å². The number of hydrogen-bond acceptors (Lipinski definition) is 1. The molecule has 0 aromatic heterocycles. The van der Waals surface area contributed by atoms with Gasteiger partial charge in [-0.2, -0.15) is 202 Å². The van der Waals surface area contributed by atoms with Crippen LogP contribution in [0.2, 0.25) is 0 Å². The zero-order valence-electron chi connectivity index (χ0n) is 30.2. The topological polar surface area (TPSA) is 9.23 Å². The first-order valence-electron chi connectivity index (χ1n) is 15.0. The summed E-state index contributed by atoms with van der Waals surface area (Å²) in [7, 11) is 0. The minimum Gasteiger partial charge on any atom is -0.368 e. The van der Waals surface area contributed by atoms with E-state index < -0.39 is 144 Å². The molecule has 1 nitrogen and oxygen atoms in total. The Labute approximate surface area is 352 Å². The summed E-state index contributed by atoms with van der Waals surface area (Å²) in [6, 6.07) is 0. The Bertz CT molecular complexity index is 1750. The summed E-state index contributed by atoms with van der Waals surface area (Å²) >= 11 is 0. The first-order valence-corrected chi connectivity index (χ1v) is 15.0. The summed E-state index contributed by atoms with van der Waals surface area (Å²) in [5.74, 6) is -191. The highest BCUT2D eigenvalue weighted by atomic mass is 19.5. The van der Waals surface area contributed by atoms with E-state index in [2.05, 4.69) is 0 Å². The van der Waals surface area contributed by atoms with Gasteiger partial charge < -0.3 is 4.74 Å². The lowest BCUT2D eigenvalue weighted by atomic mass is 9.85. The minimum atomic E-state index is -10.1. The van der Waals surface area contributed by atoms with Gasteiger partial charge in [0.15, 0.2) is 0 Å². The van der Waals surface area contributed by atoms with Gasteiger partial charge in [0.1, 0.15) is 13.2 Å². The summed E-state index contributed by atoms with van der Waals surface area (Å²) in [5.41, 5.74) is 0. The van der Waals surface area contributed by atoms with Crippen molar-refractivity contribution in [2.24, 2.45) is 0 Å². The first-order chi connectivity index (χ1) is 29.7. The van der Waals surface area contributed by atoms with Gasteiger partial charge in [-0.3, -0.25) is 0 Å². The summed E-state index contributed by atoms with van der Waals surface area (Å²) in [5, 5.41) is 0. The van der Waals surface area contributed by atoms with Gasteiger partial charge in [0.05, 0.1) is 0 Å². The van der Waals surface area contributed by atoms with Gasteiger partial charge in [-0.1, -0.05) is 0 Å². The molecule has 0 aliphatic carbocycles. The van der Waals surface area contributed by atoms with Crippen molar-refractivity contribution in [1.29, 1.82) is 0 Å². The average molecular weight is 1180 g/mol. The number of ether oxygens (including phenoxy) is 1. The van der Waals surface area contributed by atoms with Crippen LogP contribution in [-0.2, 0) is 4.74 Å². The number of rotatable bonds is 22. The summed E-state index contributed by atoms with van der Waals surface area (Å²) in [6.07, 6.45) is -16.9. The predicted molar refractivity (Wildman–Crippen MR) is 122 cm³/mol. The molecule has 428 valence electrons. The Morgan fingerprint density at radius 2 is 0.239 bits per heavy atom. The van der Waals surface area contributed by atoms with Crippen LogP contribution in [0.25, 0.3) is 0 Å². The maximum absolute atomic E-state index is 13.9. The van der Waals surface area contributed by atoms with Gasteiger partial charge in [-0.25, -0.2) is 0 Å². The lowest BCUT2D eigenvalue weighted by molar-refractivity contribution is -0.480. The molecule has 0 unspecified atom stereocenters. The zero-order chi connectivity index (χ0) is 59.1. The number of halogens is 46. The molecule has 71 heavy (non-hydrogen) atoms. The van der Waals surface area contributed by atoms with E-state index in [4.69, 9.17) is 0 Å². The third-order valence-electron chi connectivity index (χ3n) is 8.51. The Morgan fingerprint density at radius 1 is 0.141 bits per heavy atom. The molecule has 0 rings (SSSR count). The van der Waals surface area contributed by atoms with E-state index in [-0.39, 0.29) is 0 Å². The van der Waals surface area contributed by atoms with Crippen LogP contribution in [0.4, 0.5) is 202 Å². The van der Waals surface area contributed by atoms with Crippen molar-refractivity contribution in [3.63, 3.8) is 0 Å². The molecule has 0 N–H and O–H groups in total. The standard InChI is InChI=1S/C24H4F46O/c25-3(26,5(29,30)7(33,34)9(37,38)11(41,42)13(45,46)15(49,50)17(53,54)19(57,58)21(61,62)23(65,66)67)1-71-2-4(27,28)6(31,32)8(35,36)10(39,40)12(43,44)14(47,48)16(51,52)18(55,56)20(59,60)22(63,64)24(68,69)70/h1-2H2. The smallest absolute Gasteiger partial charge is 0.368 e. The Hall–Kier alpha value is -3.26. The normalized spacial score (nSPS) is 17.3. The highest BCUT2D eigenvalue weighted by Gasteiger charge is 3.01. The van der Waals surface area contributed by atoms with E-state index in [9.17, 15) is 202 Å². The van der Waals surface area contributed by atoms with Crippen molar-refractivity contribution in [3.05, 3.63) is 0 Å². The molecular weight excluding hydrogens is 1180 g/mol. The van der Waals surface area contributed by atoms with Gasteiger partial charge in [-0.15, -0.1) is 0 Å². The lowest BCUT2D eigenvalue weighted by Crippen LogP contribution is -2.78. The second kappa shape index (κ2) is 16.6. The van der Waals surface area contributed by atoms with Crippen LogP contribution in [0.5, 0.6) is 0 Å². The summed E-state index contributed by atoms with van der Waals surface area (Å²) in [6.45, 7) is -10.2. The zero-order valence-corrected chi connectivity index (χ0v) is 30.2. The monoisotopic (exact) mass is 1180 g/mol. The maximum atomic E-state index is 13.9. The molecule has 0 heterocycles. The van der Waals surface area contributed by atoms with E-state index in [1.165, 1.54) is 0 Å². The third-order valence-corrected chi connectivity index (χ3v) is 8.51. The molecule has 0 fully saturated rings. The van der Waals surface area contributed by atoms with Crippen molar-refractivity contribution in [3.8, 4) is 0 Å². The Kier molecular flexibility index (Phi) is 15.9. The summed E-state index contributed by atoms with van der Waals surface area (Å²) in [4.78, 5) is 0. The van der Waals surface area contributed by atoms with Crippen molar-refractivity contribution in [1.82, 2.24) is 0 Å². The molecule has 0 aromatic rings. The van der Waals surface area contributed by atoms with E-state index in [0.717, 1.165) is 0 Å². The third kappa shape index (κ3) is 8.20. The van der Waals surface area contributed by atoms with E-state index in [1.807, 2.05) is 4.74 Å². The molecular formula is C24H4F46O. The quantitative estimate of drug-likeness (QED) is 0.0982. The van der Waals surface area contributed by atoms with Crippen LogP contribution in [0.15, 0.2) is 0 Å². The predicted octanol–water partition coefficient (Wildman–Crippen LogP) is 14.8. The second-order valence-corrected chi connectivity index (χ2v) is 13.2. The molecule has 0 aliphatic rings. The molecule has 47 heteroatoms. The maximum Gasteiger partial charge on any atom is 0.460 e. The fourth-order valence-electron chi connectivity index (χ4n) is 4.06. The van der Waals surface area contributed by atoms with E-state index >= 15 is 0 Å². The Morgan fingerprint density at radius 3 is 0.352 bits per heavy atom. The van der Waals surface area contributed by atoms with E-state index in [0.29, 0.717) is 0 Å². The second-order valence-electron chi connectivity index (χ2n) is 13.2. The van der Waals surface area contributed by atoms with E-state index in [1.54, 1.807) is 0 Å². The SMILES string of the molecule is FC(F)(F)C(F)(F)C(F)(F)C(F)(F)C(F)(F)C(F)(F)C(F)(F)C(F)(F)C(F)(F)C(F)(F)C(F)(F)COCC(F)(F)C(F)(F)C(F)(F)C(F)(F)C(F)(F)C(F)(F)C(F)(F)C(F)(F)C(F)(F)C(F)(F)C(F)(F)F. The molecule has 0 amide bonds. The molecule has 0 bridgehead atoms. The van der Waals surface area contributed by atoms with Crippen LogP contribution in [-0.4, -0.2) is 144 Å². The number of hydrogen-bond donors (Lipinski definition) is 0. The highest BCUT2D eigenvalue weighted by Crippen LogP contribution is 2.69. The van der Waals surface area contributed by atoms with Gasteiger partial charge in [0.25, 0.3) is 0 Å². The fraction of sp³-hybridized carbons (Fsp3) is 1.00.